The van der Waals surface area contributed by atoms with E-state index in [4.69, 9.17) is 0 Å². The molecule has 3 heteroatoms. The fraction of sp³-hybridized carbons (Fsp3) is 0.455. The summed E-state index contributed by atoms with van der Waals surface area (Å²) in [6, 6.07) is 2.00. The van der Waals surface area contributed by atoms with Crippen LogP contribution in [-0.2, 0) is 0 Å². The van der Waals surface area contributed by atoms with E-state index in [2.05, 4.69) is 22.0 Å². The second kappa shape index (κ2) is 4.60. The maximum absolute atomic E-state index is 9.94. The molecule has 1 heterocycles. The van der Waals surface area contributed by atoms with Crippen LogP contribution in [0.4, 0.5) is 0 Å². The van der Waals surface area contributed by atoms with Crippen LogP contribution in [-0.4, -0.2) is 5.11 Å². The third kappa shape index (κ3) is 2.47. The van der Waals surface area contributed by atoms with Crippen molar-refractivity contribution in [2.24, 2.45) is 0 Å². The highest BCUT2D eigenvalue weighted by Crippen LogP contribution is 2.32. The van der Waals surface area contributed by atoms with Gasteiger partial charge in [-0.2, -0.15) is 0 Å². The van der Waals surface area contributed by atoms with E-state index in [0.717, 1.165) is 15.8 Å². The topological polar surface area (TPSA) is 20.2 Å². The summed E-state index contributed by atoms with van der Waals surface area (Å²) in [6.45, 7) is 0. The van der Waals surface area contributed by atoms with Gasteiger partial charge in [-0.25, -0.2) is 0 Å². The number of hydrogen-bond acceptors (Lipinski definition) is 2. The molecule has 1 aliphatic rings. The highest BCUT2D eigenvalue weighted by atomic mass is 79.9. The van der Waals surface area contributed by atoms with Crippen molar-refractivity contribution >= 4 is 27.3 Å². The summed E-state index contributed by atoms with van der Waals surface area (Å²) in [5.74, 6) is 0. The average molecular weight is 273 g/mol. The van der Waals surface area contributed by atoms with Crippen molar-refractivity contribution in [2.45, 2.75) is 31.8 Å². The van der Waals surface area contributed by atoms with Gasteiger partial charge in [0.2, 0.25) is 0 Å². The summed E-state index contributed by atoms with van der Waals surface area (Å²) >= 11 is 5.01. The molecule has 0 radical (unpaired) electrons. The molecule has 1 unspecified atom stereocenters. The van der Waals surface area contributed by atoms with Gasteiger partial charge >= 0.3 is 0 Å². The predicted molar refractivity (Wildman–Crippen MR) is 63.5 cm³/mol. The maximum Gasteiger partial charge on any atom is 0.0919 e. The minimum Gasteiger partial charge on any atom is -0.387 e. The summed E-state index contributed by atoms with van der Waals surface area (Å²) in [4.78, 5) is 1.06. The van der Waals surface area contributed by atoms with Crippen molar-refractivity contribution in [2.75, 3.05) is 0 Å². The largest absolute Gasteiger partial charge is 0.387 e. The molecule has 76 valence electrons. The molecular formula is C11H13BrOS. The minimum absolute atomic E-state index is 0.310. The number of aliphatic hydroxyl groups excluding tert-OH is 1. The Morgan fingerprint density at radius 1 is 1.57 bits per heavy atom. The van der Waals surface area contributed by atoms with Crippen molar-refractivity contribution in [3.8, 4) is 0 Å². The first kappa shape index (κ1) is 10.4. The summed E-state index contributed by atoms with van der Waals surface area (Å²) < 4.78 is 1.07. The highest BCUT2D eigenvalue weighted by molar-refractivity contribution is 9.10. The van der Waals surface area contributed by atoms with E-state index in [9.17, 15) is 5.11 Å². The monoisotopic (exact) mass is 272 g/mol. The van der Waals surface area contributed by atoms with Crippen molar-refractivity contribution in [1.29, 1.82) is 0 Å². The molecule has 1 N–H and O–H groups in total. The lowest BCUT2D eigenvalue weighted by Gasteiger charge is -2.08. The molecule has 0 aromatic carbocycles. The van der Waals surface area contributed by atoms with Crippen molar-refractivity contribution in [3.05, 3.63) is 32.4 Å². The van der Waals surface area contributed by atoms with Gasteiger partial charge in [0.25, 0.3) is 0 Å². The number of rotatable bonds is 3. The Bertz CT molecular complexity index is 343. The molecule has 0 saturated heterocycles. The van der Waals surface area contributed by atoms with Crippen LogP contribution in [0, 0.1) is 0 Å². The Kier molecular flexibility index (Phi) is 3.42. The average Bonchev–Trinajstić information content (AvgIpc) is 2.75. The lowest BCUT2D eigenvalue weighted by molar-refractivity contribution is 0.181. The smallest absolute Gasteiger partial charge is 0.0919 e. The Balaban J connectivity index is 1.98. The van der Waals surface area contributed by atoms with Crippen LogP contribution in [0.15, 0.2) is 27.6 Å². The quantitative estimate of drug-likeness (QED) is 0.824. The van der Waals surface area contributed by atoms with Crippen LogP contribution in [0.1, 0.15) is 36.7 Å². The Labute approximate surface area is 96.6 Å². The van der Waals surface area contributed by atoms with Crippen LogP contribution >= 0.6 is 27.3 Å². The second-order valence-electron chi connectivity index (χ2n) is 3.64. The number of thiophene rings is 1. The first-order chi connectivity index (χ1) is 6.75. The maximum atomic E-state index is 9.94. The molecule has 1 nitrogen and oxygen atoms in total. The van der Waals surface area contributed by atoms with Gasteiger partial charge in [-0.15, -0.1) is 11.3 Å². The van der Waals surface area contributed by atoms with E-state index in [1.54, 1.807) is 11.3 Å². The highest BCUT2D eigenvalue weighted by Gasteiger charge is 2.14. The zero-order valence-electron chi connectivity index (χ0n) is 7.87. The van der Waals surface area contributed by atoms with Crippen LogP contribution in [0.5, 0.6) is 0 Å². The van der Waals surface area contributed by atoms with Crippen molar-refractivity contribution in [3.63, 3.8) is 0 Å². The first-order valence-electron chi connectivity index (χ1n) is 4.85. The number of hydrogen-bond donors (Lipinski definition) is 1. The molecular weight excluding hydrogens is 260 g/mol. The number of allylic oxidation sites excluding steroid dienone is 1. The van der Waals surface area contributed by atoms with Gasteiger partial charge in [-0.3, -0.25) is 0 Å². The van der Waals surface area contributed by atoms with Crippen LogP contribution < -0.4 is 0 Å². The summed E-state index contributed by atoms with van der Waals surface area (Å²) in [5.41, 5.74) is 1.42. The SMILES string of the molecule is OC(CC1=CCCC1)c1cc(Br)cs1. The van der Waals surface area contributed by atoms with Gasteiger partial charge in [0.05, 0.1) is 6.10 Å². The third-order valence-corrected chi connectivity index (χ3v) is 4.30. The van der Waals surface area contributed by atoms with Crippen LogP contribution in [0.25, 0.3) is 0 Å². The standard InChI is InChI=1S/C11H13BrOS/c12-9-6-11(14-7-9)10(13)5-8-3-1-2-4-8/h3,6-7,10,13H,1-2,4-5H2. The van der Waals surface area contributed by atoms with E-state index < -0.39 is 0 Å². The molecule has 1 atom stereocenters. The van der Waals surface area contributed by atoms with Gasteiger partial charge in [0.15, 0.2) is 0 Å². The predicted octanol–water partition coefficient (Wildman–Crippen LogP) is 4.04. The fourth-order valence-corrected chi connectivity index (χ4v) is 3.21. The lowest BCUT2D eigenvalue weighted by Crippen LogP contribution is -1.95. The van der Waals surface area contributed by atoms with E-state index in [0.29, 0.717) is 0 Å². The summed E-state index contributed by atoms with van der Waals surface area (Å²) in [7, 11) is 0. The van der Waals surface area contributed by atoms with E-state index in [1.165, 1.54) is 24.8 Å². The van der Waals surface area contributed by atoms with Gasteiger partial charge in [0, 0.05) is 14.7 Å². The minimum atomic E-state index is -0.310. The second-order valence-corrected chi connectivity index (χ2v) is 5.50. The van der Waals surface area contributed by atoms with E-state index in [1.807, 2.05) is 11.4 Å². The molecule has 1 aromatic rings. The molecule has 1 aliphatic carbocycles. The third-order valence-electron chi connectivity index (χ3n) is 2.51. The number of halogens is 1. The molecule has 1 aromatic heterocycles. The van der Waals surface area contributed by atoms with Gasteiger partial charge in [-0.1, -0.05) is 11.6 Å². The zero-order valence-corrected chi connectivity index (χ0v) is 10.3. The molecule has 14 heavy (non-hydrogen) atoms. The van der Waals surface area contributed by atoms with E-state index >= 15 is 0 Å². The zero-order chi connectivity index (χ0) is 9.97. The Hall–Kier alpha value is -0.120. The number of aliphatic hydroxyl groups is 1. The Morgan fingerprint density at radius 3 is 3.00 bits per heavy atom. The fourth-order valence-electron chi connectivity index (χ4n) is 1.77. The molecule has 0 bridgehead atoms. The van der Waals surface area contributed by atoms with Crippen LogP contribution in [0.2, 0.25) is 0 Å². The van der Waals surface area contributed by atoms with Crippen molar-refractivity contribution in [1.82, 2.24) is 0 Å². The molecule has 0 spiro atoms. The molecule has 0 saturated carbocycles. The normalized spacial score (nSPS) is 18.3. The van der Waals surface area contributed by atoms with Crippen molar-refractivity contribution < 1.29 is 5.11 Å². The molecule has 0 fully saturated rings. The van der Waals surface area contributed by atoms with Gasteiger partial charge < -0.3 is 5.11 Å². The van der Waals surface area contributed by atoms with Gasteiger partial charge in [-0.05, 0) is 47.7 Å². The Morgan fingerprint density at radius 2 is 2.43 bits per heavy atom. The van der Waals surface area contributed by atoms with E-state index in [-0.39, 0.29) is 6.10 Å². The first-order valence-corrected chi connectivity index (χ1v) is 6.53. The molecule has 0 amide bonds. The van der Waals surface area contributed by atoms with Gasteiger partial charge in [0.1, 0.15) is 0 Å². The lowest BCUT2D eigenvalue weighted by atomic mass is 10.1. The van der Waals surface area contributed by atoms with Crippen LogP contribution in [0.3, 0.4) is 0 Å². The summed E-state index contributed by atoms with van der Waals surface area (Å²) in [5, 5.41) is 12.0. The summed E-state index contributed by atoms with van der Waals surface area (Å²) in [6.07, 6.45) is 6.39. The molecule has 0 aliphatic heterocycles. The molecule has 2 rings (SSSR count).